The van der Waals surface area contributed by atoms with Crippen molar-refractivity contribution in [2.45, 2.75) is 18.8 Å². The number of fused-ring (bicyclic) bond motifs is 1. The van der Waals surface area contributed by atoms with E-state index in [9.17, 15) is 0 Å². The fraction of sp³-hybridized carbons (Fsp3) is 0.500. The number of ether oxygens (including phenoxy) is 1. The molecule has 3 rings (SSSR count). The Hall–Kier alpha value is -1.07. The molecule has 0 amide bonds. The van der Waals surface area contributed by atoms with Gasteiger partial charge < -0.3 is 14.0 Å². The average molecular weight is 324 g/mol. The number of hydrogen-bond acceptors (Lipinski definition) is 3. The Balaban J connectivity index is 2.06. The molecule has 0 aliphatic carbocycles. The van der Waals surface area contributed by atoms with Gasteiger partial charge in [0.05, 0.1) is 5.52 Å². The molecule has 1 aliphatic heterocycles. The molecule has 0 bridgehead atoms. The molecule has 3 heterocycles. The van der Waals surface area contributed by atoms with E-state index in [-0.39, 0.29) is 0 Å². The number of halogens is 1. The van der Waals surface area contributed by atoms with E-state index >= 15 is 0 Å². The number of rotatable bonds is 2. The third kappa shape index (κ3) is 2.37. The van der Waals surface area contributed by atoms with Crippen molar-refractivity contribution < 1.29 is 4.74 Å². The van der Waals surface area contributed by atoms with Crippen molar-refractivity contribution >= 4 is 27.1 Å². The maximum atomic E-state index is 5.44. The van der Waals surface area contributed by atoms with Crippen LogP contribution in [0.25, 0.3) is 5.52 Å². The second kappa shape index (κ2) is 5.13. The number of anilines is 1. The largest absolute Gasteiger partial charge is 0.381 e. The summed E-state index contributed by atoms with van der Waals surface area (Å²) in [4.78, 5) is 6.82. The van der Waals surface area contributed by atoms with Crippen LogP contribution in [0.2, 0.25) is 0 Å². The van der Waals surface area contributed by atoms with Crippen molar-refractivity contribution in [1.82, 2.24) is 9.38 Å². The van der Waals surface area contributed by atoms with E-state index in [0.717, 1.165) is 42.0 Å². The van der Waals surface area contributed by atoms with Gasteiger partial charge in [0.2, 0.25) is 0 Å². The smallest absolute Gasteiger partial charge is 0.132 e. The standard InChI is InChI=1S/C14H18BrN3O/c1-17(2)11-3-6-18-12(9-11)13(15)16-14(18)10-4-7-19-8-5-10/h3,6,9-10H,4-5,7-8H2,1-2H3. The second-order valence-electron chi connectivity index (χ2n) is 5.18. The van der Waals surface area contributed by atoms with Gasteiger partial charge in [0.1, 0.15) is 10.4 Å². The van der Waals surface area contributed by atoms with Gasteiger partial charge in [-0.15, -0.1) is 0 Å². The van der Waals surface area contributed by atoms with Crippen molar-refractivity contribution in [3.8, 4) is 0 Å². The van der Waals surface area contributed by atoms with E-state index in [2.05, 4.69) is 57.7 Å². The monoisotopic (exact) mass is 323 g/mol. The van der Waals surface area contributed by atoms with Crippen molar-refractivity contribution in [3.05, 3.63) is 28.8 Å². The number of hydrogen-bond donors (Lipinski definition) is 0. The fourth-order valence-corrected chi connectivity index (χ4v) is 3.07. The molecule has 0 unspecified atom stereocenters. The number of imidazole rings is 1. The first-order valence-corrected chi connectivity index (χ1v) is 7.38. The highest BCUT2D eigenvalue weighted by atomic mass is 79.9. The van der Waals surface area contributed by atoms with E-state index in [0.29, 0.717) is 5.92 Å². The quantitative estimate of drug-likeness (QED) is 0.850. The molecule has 102 valence electrons. The zero-order valence-electron chi connectivity index (χ0n) is 11.3. The van der Waals surface area contributed by atoms with Crippen LogP contribution >= 0.6 is 15.9 Å². The van der Waals surface area contributed by atoms with Crippen LogP contribution in [0, 0.1) is 0 Å². The van der Waals surface area contributed by atoms with Crippen LogP contribution in [0.5, 0.6) is 0 Å². The summed E-state index contributed by atoms with van der Waals surface area (Å²) in [5.41, 5.74) is 2.32. The third-order valence-corrected chi connectivity index (χ3v) is 4.30. The number of nitrogens with zero attached hydrogens (tertiary/aromatic N) is 3. The maximum absolute atomic E-state index is 5.44. The lowest BCUT2D eigenvalue weighted by molar-refractivity contribution is 0.0835. The third-order valence-electron chi connectivity index (χ3n) is 3.71. The Morgan fingerprint density at radius 1 is 1.37 bits per heavy atom. The van der Waals surface area contributed by atoms with Gasteiger partial charge >= 0.3 is 0 Å². The van der Waals surface area contributed by atoms with Gasteiger partial charge in [0.25, 0.3) is 0 Å². The van der Waals surface area contributed by atoms with Crippen molar-refractivity contribution in [1.29, 1.82) is 0 Å². The first-order chi connectivity index (χ1) is 9.16. The van der Waals surface area contributed by atoms with Crippen LogP contribution in [0.15, 0.2) is 22.9 Å². The predicted molar refractivity (Wildman–Crippen MR) is 80.0 cm³/mol. The number of aromatic nitrogens is 2. The average Bonchev–Trinajstić information content (AvgIpc) is 2.77. The van der Waals surface area contributed by atoms with Gasteiger partial charge in [0.15, 0.2) is 0 Å². The summed E-state index contributed by atoms with van der Waals surface area (Å²) in [6, 6.07) is 4.30. The SMILES string of the molecule is CN(C)c1ccn2c(C3CCOCC3)nc(Br)c2c1. The van der Waals surface area contributed by atoms with Crippen LogP contribution < -0.4 is 4.90 Å². The molecule has 0 atom stereocenters. The zero-order valence-corrected chi connectivity index (χ0v) is 12.9. The van der Waals surface area contributed by atoms with E-state index in [4.69, 9.17) is 9.72 Å². The molecule has 0 N–H and O–H groups in total. The molecule has 0 aromatic carbocycles. The summed E-state index contributed by atoms with van der Waals surface area (Å²) in [6.07, 6.45) is 4.23. The Labute approximate surface area is 121 Å². The molecule has 1 saturated heterocycles. The molecule has 1 aliphatic rings. The van der Waals surface area contributed by atoms with Crippen LogP contribution in [-0.4, -0.2) is 36.7 Å². The van der Waals surface area contributed by atoms with Crippen LogP contribution in [0.4, 0.5) is 5.69 Å². The Kier molecular flexibility index (Phi) is 3.50. The Morgan fingerprint density at radius 2 is 2.11 bits per heavy atom. The van der Waals surface area contributed by atoms with E-state index in [1.54, 1.807) is 0 Å². The Bertz CT molecular complexity index is 588. The molecule has 2 aromatic heterocycles. The predicted octanol–water partition coefficient (Wildman–Crippen LogP) is 3.06. The van der Waals surface area contributed by atoms with Crippen LogP contribution in [0.3, 0.4) is 0 Å². The summed E-state index contributed by atoms with van der Waals surface area (Å²) in [6.45, 7) is 1.68. The molecule has 4 nitrogen and oxygen atoms in total. The van der Waals surface area contributed by atoms with Crippen molar-refractivity contribution in [3.63, 3.8) is 0 Å². The van der Waals surface area contributed by atoms with Gasteiger partial charge in [-0.3, -0.25) is 0 Å². The molecule has 1 fully saturated rings. The summed E-state index contributed by atoms with van der Waals surface area (Å²) >= 11 is 3.59. The van der Waals surface area contributed by atoms with Crippen LogP contribution in [0.1, 0.15) is 24.6 Å². The topological polar surface area (TPSA) is 29.8 Å². The summed E-state index contributed by atoms with van der Waals surface area (Å²) in [5, 5.41) is 0. The molecule has 0 saturated carbocycles. The van der Waals surface area contributed by atoms with Gasteiger partial charge in [-0.2, -0.15) is 0 Å². The van der Waals surface area contributed by atoms with Gasteiger partial charge in [-0.1, -0.05) is 0 Å². The highest BCUT2D eigenvalue weighted by Crippen LogP contribution is 2.31. The summed E-state index contributed by atoms with van der Waals surface area (Å²) < 4.78 is 8.57. The summed E-state index contributed by atoms with van der Waals surface area (Å²) in [5.74, 6) is 1.65. The minimum Gasteiger partial charge on any atom is -0.381 e. The van der Waals surface area contributed by atoms with E-state index < -0.39 is 0 Å². The lowest BCUT2D eigenvalue weighted by atomic mass is 10.00. The minimum absolute atomic E-state index is 0.498. The van der Waals surface area contributed by atoms with Gasteiger partial charge in [0, 0.05) is 45.1 Å². The lowest BCUT2D eigenvalue weighted by Crippen LogP contribution is -2.16. The second-order valence-corrected chi connectivity index (χ2v) is 5.93. The normalized spacial score (nSPS) is 17.0. The Morgan fingerprint density at radius 3 is 2.79 bits per heavy atom. The first-order valence-electron chi connectivity index (χ1n) is 6.59. The van der Waals surface area contributed by atoms with E-state index in [1.165, 1.54) is 5.69 Å². The van der Waals surface area contributed by atoms with Crippen molar-refractivity contribution in [2.24, 2.45) is 0 Å². The zero-order chi connectivity index (χ0) is 13.4. The molecule has 2 aromatic rings. The molecule has 0 spiro atoms. The van der Waals surface area contributed by atoms with Crippen LogP contribution in [-0.2, 0) is 4.74 Å². The highest BCUT2D eigenvalue weighted by Gasteiger charge is 2.22. The molecular weight excluding hydrogens is 306 g/mol. The summed E-state index contributed by atoms with van der Waals surface area (Å²) in [7, 11) is 4.10. The lowest BCUT2D eigenvalue weighted by Gasteiger charge is -2.21. The van der Waals surface area contributed by atoms with Gasteiger partial charge in [-0.25, -0.2) is 4.98 Å². The maximum Gasteiger partial charge on any atom is 0.132 e. The molecule has 19 heavy (non-hydrogen) atoms. The van der Waals surface area contributed by atoms with Gasteiger partial charge in [-0.05, 0) is 40.9 Å². The molecule has 0 radical (unpaired) electrons. The van der Waals surface area contributed by atoms with E-state index in [1.807, 2.05) is 0 Å². The molecular formula is C14H18BrN3O. The first kappa shape index (κ1) is 12.9. The fourth-order valence-electron chi connectivity index (χ4n) is 2.58. The van der Waals surface area contributed by atoms with Crippen molar-refractivity contribution in [2.75, 3.05) is 32.2 Å². The highest BCUT2D eigenvalue weighted by molar-refractivity contribution is 9.10. The molecule has 5 heteroatoms. The number of pyridine rings is 1. The minimum atomic E-state index is 0.498.